The lowest BCUT2D eigenvalue weighted by atomic mass is 9.95. The Morgan fingerprint density at radius 2 is 2.25 bits per heavy atom. The molecule has 2 N–H and O–H groups in total. The molecule has 1 aliphatic heterocycles. The highest BCUT2D eigenvalue weighted by Crippen LogP contribution is 2.23. The lowest BCUT2D eigenvalue weighted by molar-refractivity contribution is 0.0721. The Balaban J connectivity index is 2.18. The van der Waals surface area contributed by atoms with E-state index in [1.165, 1.54) is 0 Å². The lowest BCUT2D eigenvalue weighted by Crippen LogP contribution is -2.48. The number of nitrogens with one attached hydrogen (secondary N) is 2. The van der Waals surface area contributed by atoms with E-state index in [1.54, 1.807) is 6.92 Å². The highest BCUT2D eigenvalue weighted by Gasteiger charge is 2.26. The zero-order valence-electron chi connectivity index (χ0n) is 15.0. The van der Waals surface area contributed by atoms with Crippen molar-refractivity contribution in [2.24, 2.45) is 0 Å². The van der Waals surface area contributed by atoms with Gasteiger partial charge in [-0.25, -0.2) is 4.79 Å². The van der Waals surface area contributed by atoms with Crippen LogP contribution in [0.15, 0.2) is 15.3 Å². The normalized spacial score (nSPS) is 18.4. The number of amides is 1. The van der Waals surface area contributed by atoms with Gasteiger partial charge in [-0.1, -0.05) is 0 Å². The van der Waals surface area contributed by atoms with Crippen molar-refractivity contribution in [1.29, 1.82) is 0 Å². The highest BCUT2D eigenvalue weighted by atomic mass is 16.5. The van der Waals surface area contributed by atoms with Gasteiger partial charge < -0.3 is 19.8 Å². The van der Waals surface area contributed by atoms with Crippen molar-refractivity contribution in [3.8, 4) is 0 Å². The molecule has 0 spiro atoms. The van der Waals surface area contributed by atoms with Gasteiger partial charge in [0, 0.05) is 19.1 Å². The van der Waals surface area contributed by atoms with Gasteiger partial charge in [0.05, 0.1) is 12.1 Å². The van der Waals surface area contributed by atoms with Crippen molar-refractivity contribution in [2.75, 3.05) is 26.3 Å². The first-order valence-electron chi connectivity index (χ1n) is 8.59. The summed E-state index contributed by atoms with van der Waals surface area (Å²) in [6, 6.07) is 1.82. The predicted molar refractivity (Wildman–Crippen MR) is 92.6 cm³/mol. The minimum Gasteiger partial charge on any atom is -0.427 e. The van der Waals surface area contributed by atoms with Gasteiger partial charge in [-0.15, -0.1) is 0 Å². The van der Waals surface area contributed by atoms with E-state index in [2.05, 4.69) is 10.6 Å². The van der Waals surface area contributed by atoms with Gasteiger partial charge in [0.1, 0.15) is 11.3 Å². The Hall–Kier alpha value is -1.66. The molecule has 1 amide bonds. The number of hydrogen-bond donors (Lipinski definition) is 2. The van der Waals surface area contributed by atoms with Gasteiger partial charge in [0.2, 0.25) is 0 Å². The van der Waals surface area contributed by atoms with Crippen LogP contribution in [0.3, 0.4) is 0 Å². The first-order valence-corrected chi connectivity index (χ1v) is 8.59. The van der Waals surface area contributed by atoms with Gasteiger partial charge in [-0.05, 0) is 58.7 Å². The molecule has 1 fully saturated rings. The van der Waals surface area contributed by atoms with E-state index < -0.39 is 17.1 Å². The third-order valence-corrected chi connectivity index (χ3v) is 4.21. The van der Waals surface area contributed by atoms with Crippen LogP contribution in [0.2, 0.25) is 0 Å². The molecule has 0 aromatic carbocycles. The second kappa shape index (κ2) is 7.94. The quantitative estimate of drug-likeness (QED) is 0.830. The molecule has 1 aliphatic rings. The summed E-state index contributed by atoms with van der Waals surface area (Å²) in [6.07, 6.45) is 2.05. The van der Waals surface area contributed by atoms with Gasteiger partial charge in [-0.3, -0.25) is 4.79 Å². The fraction of sp³-hybridized carbons (Fsp3) is 0.667. The van der Waals surface area contributed by atoms with Crippen molar-refractivity contribution in [3.05, 3.63) is 33.4 Å². The van der Waals surface area contributed by atoms with Crippen LogP contribution in [0.1, 0.15) is 61.2 Å². The molecule has 0 saturated carbocycles. The van der Waals surface area contributed by atoms with Gasteiger partial charge in [-0.2, -0.15) is 0 Å². The first kappa shape index (κ1) is 18.7. The number of hydrogen-bond acceptors (Lipinski definition) is 5. The summed E-state index contributed by atoms with van der Waals surface area (Å²) in [5, 5.41) is 6.16. The molecule has 2 heterocycles. The molecule has 6 nitrogen and oxygen atoms in total. The topological polar surface area (TPSA) is 80.6 Å². The molecule has 0 bridgehead atoms. The van der Waals surface area contributed by atoms with Crippen LogP contribution in [-0.2, 0) is 4.74 Å². The molecular formula is C18H28N2O4. The molecule has 24 heavy (non-hydrogen) atoms. The molecule has 0 radical (unpaired) electrons. The molecule has 1 saturated heterocycles. The standard InChI is InChI=1S/C18H28N2O4/c1-5-23-11-18(3,4)20-16(21)15-12(2)9-14(24-17(15)22)13-7-6-8-19-10-13/h9,13,19H,5-8,10-11H2,1-4H3,(H,20,21). The summed E-state index contributed by atoms with van der Waals surface area (Å²) in [5.41, 5.74) is -0.401. The molecule has 1 aromatic rings. The van der Waals surface area contributed by atoms with E-state index in [9.17, 15) is 9.59 Å². The zero-order chi connectivity index (χ0) is 17.7. The number of carbonyl (C=O) groups is 1. The summed E-state index contributed by atoms with van der Waals surface area (Å²) in [5.74, 6) is 0.436. The van der Waals surface area contributed by atoms with Crippen molar-refractivity contribution in [1.82, 2.24) is 10.6 Å². The number of rotatable bonds is 6. The van der Waals surface area contributed by atoms with Crippen molar-refractivity contribution >= 4 is 5.91 Å². The Kier molecular flexibility index (Phi) is 6.18. The average Bonchev–Trinajstić information content (AvgIpc) is 2.52. The van der Waals surface area contributed by atoms with E-state index in [0.29, 0.717) is 24.5 Å². The van der Waals surface area contributed by atoms with E-state index in [4.69, 9.17) is 9.15 Å². The monoisotopic (exact) mass is 336 g/mol. The van der Waals surface area contributed by atoms with Crippen LogP contribution in [0.4, 0.5) is 0 Å². The van der Waals surface area contributed by atoms with Crippen LogP contribution >= 0.6 is 0 Å². The van der Waals surface area contributed by atoms with E-state index in [0.717, 1.165) is 25.9 Å². The summed E-state index contributed by atoms with van der Waals surface area (Å²) in [7, 11) is 0. The van der Waals surface area contributed by atoms with Crippen LogP contribution in [0.25, 0.3) is 0 Å². The molecule has 1 aromatic heterocycles. The maximum atomic E-state index is 12.5. The zero-order valence-corrected chi connectivity index (χ0v) is 15.0. The van der Waals surface area contributed by atoms with Gasteiger partial charge >= 0.3 is 5.63 Å². The average molecular weight is 336 g/mol. The Morgan fingerprint density at radius 3 is 2.83 bits per heavy atom. The fourth-order valence-electron chi connectivity index (χ4n) is 2.96. The maximum absolute atomic E-state index is 12.5. The molecule has 1 unspecified atom stereocenters. The van der Waals surface area contributed by atoms with Crippen LogP contribution in [0, 0.1) is 6.92 Å². The lowest BCUT2D eigenvalue weighted by Gasteiger charge is -2.26. The molecule has 1 atom stereocenters. The number of aryl methyl sites for hydroxylation is 1. The van der Waals surface area contributed by atoms with Crippen LogP contribution < -0.4 is 16.3 Å². The predicted octanol–water partition coefficient (Wildman–Crippen LogP) is 1.96. The summed E-state index contributed by atoms with van der Waals surface area (Å²) >= 11 is 0. The Labute approximate surface area is 143 Å². The smallest absolute Gasteiger partial charge is 0.349 e. The third kappa shape index (κ3) is 4.68. The van der Waals surface area contributed by atoms with Crippen LogP contribution in [-0.4, -0.2) is 37.7 Å². The van der Waals surface area contributed by atoms with E-state index in [-0.39, 0.29) is 11.5 Å². The number of piperidine rings is 1. The van der Waals surface area contributed by atoms with Gasteiger partial charge in [0.25, 0.3) is 5.91 Å². The van der Waals surface area contributed by atoms with E-state index in [1.807, 2.05) is 26.8 Å². The largest absolute Gasteiger partial charge is 0.427 e. The Morgan fingerprint density at radius 1 is 1.50 bits per heavy atom. The van der Waals surface area contributed by atoms with Crippen LogP contribution in [0.5, 0.6) is 0 Å². The van der Waals surface area contributed by atoms with Crippen molar-refractivity contribution < 1.29 is 13.9 Å². The Bertz CT molecular complexity index is 630. The SMILES string of the molecule is CCOCC(C)(C)NC(=O)c1c(C)cc(C2CCCNC2)oc1=O. The molecule has 6 heteroatoms. The summed E-state index contributed by atoms with van der Waals surface area (Å²) in [4.78, 5) is 24.9. The third-order valence-electron chi connectivity index (χ3n) is 4.21. The minimum absolute atomic E-state index is 0.0760. The number of carbonyl (C=O) groups excluding carboxylic acids is 1. The number of ether oxygens (including phenoxy) is 1. The highest BCUT2D eigenvalue weighted by molar-refractivity contribution is 5.95. The fourth-order valence-corrected chi connectivity index (χ4v) is 2.96. The van der Waals surface area contributed by atoms with E-state index >= 15 is 0 Å². The minimum atomic E-state index is -0.569. The first-order chi connectivity index (χ1) is 11.3. The molecule has 2 rings (SSSR count). The molecule has 0 aliphatic carbocycles. The summed E-state index contributed by atoms with van der Waals surface area (Å²) in [6.45, 7) is 10.1. The maximum Gasteiger partial charge on any atom is 0.349 e. The second-order valence-electron chi connectivity index (χ2n) is 7.01. The van der Waals surface area contributed by atoms with Gasteiger partial charge in [0.15, 0.2) is 0 Å². The molecule has 134 valence electrons. The second-order valence-corrected chi connectivity index (χ2v) is 7.01. The van der Waals surface area contributed by atoms with Crippen molar-refractivity contribution in [2.45, 2.75) is 52.0 Å². The summed E-state index contributed by atoms with van der Waals surface area (Å²) < 4.78 is 10.8. The van der Waals surface area contributed by atoms with Crippen molar-refractivity contribution in [3.63, 3.8) is 0 Å². The molecular weight excluding hydrogens is 308 g/mol.